The van der Waals surface area contributed by atoms with Crippen LogP contribution >= 0.6 is 0 Å². The number of hydrogen-bond acceptors (Lipinski definition) is 1. The molecule has 15 heavy (non-hydrogen) atoms. The van der Waals surface area contributed by atoms with Crippen molar-refractivity contribution >= 4 is 11.3 Å². The molecule has 0 saturated carbocycles. The summed E-state index contributed by atoms with van der Waals surface area (Å²) in [6, 6.07) is 10.1. The van der Waals surface area contributed by atoms with Gasteiger partial charge in [0, 0.05) is 5.71 Å². The van der Waals surface area contributed by atoms with Crippen molar-refractivity contribution in [1.82, 2.24) is 0 Å². The van der Waals surface area contributed by atoms with Crippen LogP contribution in [0.1, 0.15) is 26.3 Å². The highest BCUT2D eigenvalue weighted by atomic mass is 14.7. The highest BCUT2D eigenvalue weighted by Gasteiger charge is 2.02. The van der Waals surface area contributed by atoms with Crippen LogP contribution in [-0.4, -0.2) is 5.71 Å². The maximum Gasteiger partial charge on any atom is 0.0658 e. The number of aliphatic imine (C=N–C) groups is 1. The van der Waals surface area contributed by atoms with Gasteiger partial charge in [0.15, 0.2) is 0 Å². The molecular weight excluding hydrogens is 182 g/mol. The van der Waals surface area contributed by atoms with Gasteiger partial charge in [-0.05, 0) is 31.9 Å². The van der Waals surface area contributed by atoms with E-state index in [2.05, 4.69) is 11.6 Å². The van der Waals surface area contributed by atoms with Crippen molar-refractivity contribution in [1.29, 1.82) is 0 Å². The first-order chi connectivity index (χ1) is 7.15. The van der Waals surface area contributed by atoms with Crippen molar-refractivity contribution in [2.24, 2.45) is 4.99 Å². The molecule has 1 aromatic rings. The Hall–Kier alpha value is -1.63. The minimum absolute atomic E-state index is 0.946. The second-order valence-electron chi connectivity index (χ2n) is 3.58. The third-order valence-corrected chi connectivity index (χ3v) is 2.05. The summed E-state index contributed by atoms with van der Waals surface area (Å²) in [6.45, 7) is 10.0. The van der Waals surface area contributed by atoms with Crippen LogP contribution < -0.4 is 0 Å². The number of hydrogen-bond donors (Lipinski definition) is 0. The second kappa shape index (κ2) is 5.30. The van der Waals surface area contributed by atoms with Gasteiger partial charge < -0.3 is 0 Å². The fourth-order valence-electron chi connectivity index (χ4n) is 1.33. The lowest BCUT2D eigenvalue weighted by Gasteiger charge is -2.06. The van der Waals surface area contributed by atoms with E-state index in [1.807, 2.05) is 57.2 Å². The maximum absolute atomic E-state index is 4.45. The van der Waals surface area contributed by atoms with Gasteiger partial charge in [-0.1, -0.05) is 43.0 Å². The van der Waals surface area contributed by atoms with E-state index >= 15 is 0 Å². The number of allylic oxidation sites excluding steroid dienone is 2. The Labute approximate surface area is 91.9 Å². The van der Waals surface area contributed by atoms with E-state index in [0.717, 1.165) is 22.5 Å². The third-order valence-electron chi connectivity index (χ3n) is 2.05. The molecule has 0 aliphatic heterocycles. The summed E-state index contributed by atoms with van der Waals surface area (Å²) in [7, 11) is 0. The van der Waals surface area contributed by atoms with Crippen molar-refractivity contribution in [2.75, 3.05) is 0 Å². The largest absolute Gasteiger partial charge is 0.258 e. The molecule has 0 unspecified atom stereocenters. The Morgan fingerprint density at radius 1 is 1.20 bits per heavy atom. The van der Waals surface area contributed by atoms with Gasteiger partial charge in [0.05, 0.1) is 5.70 Å². The Bertz CT molecular complexity index is 393. The van der Waals surface area contributed by atoms with Crippen molar-refractivity contribution < 1.29 is 0 Å². The Balaban J connectivity index is 2.99. The molecule has 0 aromatic heterocycles. The second-order valence-corrected chi connectivity index (χ2v) is 3.58. The van der Waals surface area contributed by atoms with Gasteiger partial charge >= 0.3 is 0 Å². The Kier molecular flexibility index (Phi) is 4.04. The van der Waals surface area contributed by atoms with Crippen molar-refractivity contribution in [3.63, 3.8) is 0 Å². The molecule has 0 atom stereocenters. The molecule has 0 saturated heterocycles. The van der Waals surface area contributed by atoms with Crippen LogP contribution in [0.25, 0.3) is 5.57 Å². The van der Waals surface area contributed by atoms with Crippen molar-refractivity contribution in [2.45, 2.75) is 20.8 Å². The van der Waals surface area contributed by atoms with Crippen LogP contribution in [-0.2, 0) is 0 Å². The Morgan fingerprint density at radius 3 is 2.27 bits per heavy atom. The molecule has 0 heterocycles. The zero-order valence-electron chi connectivity index (χ0n) is 9.62. The highest BCUT2D eigenvalue weighted by Crippen LogP contribution is 2.21. The van der Waals surface area contributed by atoms with E-state index in [-0.39, 0.29) is 0 Å². The maximum atomic E-state index is 4.45. The summed E-state index contributed by atoms with van der Waals surface area (Å²) in [5, 5.41) is 0. The standard InChI is InChI=1S/C14H17N/c1-5-14(15-11(2)3)12(4)13-9-7-6-8-10-13/h5-10H,4H2,1-3H3/b14-5-. The van der Waals surface area contributed by atoms with E-state index in [1.165, 1.54) is 0 Å². The normalized spacial score (nSPS) is 11.0. The molecule has 0 amide bonds. The Morgan fingerprint density at radius 2 is 1.80 bits per heavy atom. The fourth-order valence-corrected chi connectivity index (χ4v) is 1.33. The van der Waals surface area contributed by atoms with Crippen LogP contribution in [0, 0.1) is 0 Å². The lowest BCUT2D eigenvalue weighted by Crippen LogP contribution is -1.89. The molecule has 1 nitrogen and oxygen atoms in total. The molecule has 0 radical (unpaired) electrons. The van der Waals surface area contributed by atoms with E-state index in [1.54, 1.807) is 0 Å². The third kappa shape index (κ3) is 3.21. The van der Waals surface area contributed by atoms with Gasteiger partial charge in [0.2, 0.25) is 0 Å². The van der Waals surface area contributed by atoms with Crippen molar-refractivity contribution in [3.8, 4) is 0 Å². The van der Waals surface area contributed by atoms with Crippen LogP contribution in [0.4, 0.5) is 0 Å². The molecular formula is C14H17N. The van der Waals surface area contributed by atoms with Crippen LogP contribution in [0.2, 0.25) is 0 Å². The first-order valence-corrected chi connectivity index (χ1v) is 5.08. The van der Waals surface area contributed by atoms with E-state index < -0.39 is 0 Å². The quantitative estimate of drug-likeness (QED) is 0.513. The lowest BCUT2D eigenvalue weighted by molar-refractivity contribution is 1.36. The minimum atomic E-state index is 0.946. The molecule has 0 spiro atoms. The van der Waals surface area contributed by atoms with Gasteiger partial charge in [0.1, 0.15) is 0 Å². The van der Waals surface area contributed by atoms with E-state index in [9.17, 15) is 0 Å². The smallest absolute Gasteiger partial charge is 0.0658 e. The summed E-state index contributed by atoms with van der Waals surface area (Å²) in [5.74, 6) is 0. The number of rotatable bonds is 3. The number of benzene rings is 1. The van der Waals surface area contributed by atoms with Gasteiger partial charge in [-0.3, -0.25) is 4.99 Å². The minimum Gasteiger partial charge on any atom is -0.258 e. The predicted molar refractivity (Wildman–Crippen MR) is 68.0 cm³/mol. The van der Waals surface area contributed by atoms with E-state index in [0.29, 0.717) is 0 Å². The van der Waals surface area contributed by atoms with Crippen LogP contribution in [0.5, 0.6) is 0 Å². The summed E-state index contributed by atoms with van der Waals surface area (Å²) < 4.78 is 0. The number of nitrogens with zero attached hydrogens (tertiary/aromatic N) is 1. The molecule has 0 aliphatic rings. The molecule has 1 heteroatoms. The van der Waals surface area contributed by atoms with Crippen LogP contribution in [0.15, 0.2) is 53.7 Å². The van der Waals surface area contributed by atoms with Gasteiger partial charge in [-0.25, -0.2) is 0 Å². The van der Waals surface area contributed by atoms with Gasteiger partial charge in [0.25, 0.3) is 0 Å². The monoisotopic (exact) mass is 199 g/mol. The summed E-state index contributed by atoms with van der Waals surface area (Å²) >= 11 is 0. The molecule has 0 aliphatic carbocycles. The van der Waals surface area contributed by atoms with E-state index in [4.69, 9.17) is 0 Å². The fraction of sp³-hybridized carbons (Fsp3) is 0.214. The molecule has 1 rings (SSSR count). The van der Waals surface area contributed by atoms with Crippen molar-refractivity contribution in [3.05, 3.63) is 54.2 Å². The van der Waals surface area contributed by atoms with Gasteiger partial charge in [-0.2, -0.15) is 0 Å². The molecule has 78 valence electrons. The highest BCUT2D eigenvalue weighted by molar-refractivity contribution is 5.85. The first kappa shape index (κ1) is 11.4. The average molecular weight is 199 g/mol. The molecule has 0 fully saturated rings. The lowest BCUT2D eigenvalue weighted by atomic mass is 10.0. The first-order valence-electron chi connectivity index (χ1n) is 5.08. The predicted octanol–water partition coefficient (Wildman–Crippen LogP) is 4.08. The summed E-state index contributed by atoms with van der Waals surface area (Å²) in [6.07, 6.45) is 1.99. The summed E-state index contributed by atoms with van der Waals surface area (Å²) in [4.78, 5) is 4.45. The molecule has 0 bridgehead atoms. The van der Waals surface area contributed by atoms with Crippen LogP contribution in [0.3, 0.4) is 0 Å². The average Bonchev–Trinajstić information content (AvgIpc) is 2.26. The summed E-state index contributed by atoms with van der Waals surface area (Å²) in [5.41, 5.74) is 4.08. The molecule has 1 aromatic carbocycles. The van der Waals surface area contributed by atoms with Gasteiger partial charge in [-0.15, -0.1) is 0 Å². The SMILES string of the molecule is C=C(/C(=C/C)N=C(C)C)c1ccccc1. The topological polar surface area (TPSA) is 12.4 Å². The molecule has 0 N–H and O–H groups in total. The zero-order valence-corrected chi connectivity index (χ0v) is 9.62. The zero-order chi connectivity index (χ0) is 11.3.